The van der Waals surface area contributed by atoms with Crippen LogP contribution in [0.4, 0.5) is 20.6 Å². The van der Waals surface area contributed by atoms with E-state index in [0.717, 1.165) is 15.7 Å². The molecular weight excluding hydrogens is 445 g/mol. The molecule has 172 valence electrons. The minimum atomic E-state index is -3.75. The zero-order valence-corrected chi connectivity index (χ0v) is 19.2. The number of benzene rings is 1. The van der Waals surface area contributed by atoms with Crippen LogP contribution in [0.15, 0.2) is 18.2 Å². The molecular formula is C19H28FN5O4S2. The highest BCUT2D eigenvalue weighted by Gasteiger charge is 2.33. The van der Waals surface area contributed by atoms with Crippen LogP contribution in [0.1, 0.15) is 20.3 Å². The molecule has 0 bridgehead atoms. The Morgan fingerprint density at radius 3 is 2.61 bits per heavy atom. The van der Waals surface area contributed by atoms with Crippen LogP contribution in [0.25, 0.3) is 0 Å². The first-order valence-corrected chi connectivity index (χ1v) is 12.1. The monoisotopic (exact) mass is 473 g/mol. The van der Waals surface area contributed by atoms with Crippen LogP contribution < -0.4 is 20.3 Å². The Balaban J connectivity index is 1.61. The number of cyclic esters (lactones) is 1. The average molecular weight is 474 g/mol. The van der Waals surface area contributed by atoms with E-state index in [1.807, 2.05) is 13.8 Å². The molecule has 31 heavy (non-hydrogen) atoms. The Morgan fingerprint density at radius 1 is 1.35 bits per heavy atom. The molecule has 0 aromatic heterocycles. The van der Waals surface area contributed by atoms with Gasteiger partial charge in [0.25, 0.3) is 10.2 Å². The molecule has 1 amide bonds. The maximum atomic E-state index is 14.8. The lowest BCUT2D eigenvalue weighted by molar-refractivity contribution is 0.142. The summed E-state index contributed by atoms with van der Waals surface area (Å²) in [6, 6.07) is 4.54. The van der Waals surface area contributed by atoms with Gasteiger partial charge in [0.05, 0.1) is 29.5 Å². The topological polar surface area (TPSA) is 108 Å². The van der Waals surface area contributed by atoms with E-state index in [2.05, 4.69) is 5.32 Å². The fourth-order valence-electron chi connectivity index (χ4n) is 3.52. The molecule has 2 saturated heterocycles. The van der Waals surface area contributed by atoms with Gasteiger partial charge in [-0.15, -0.1) is 0 Å². The second-order valence-electron chi connectivity index (χ2n) is 7.74. The Kier molecular flexibility index (Phi) is 7.35. The molecule has 0 saturated carbocycles. The summed E-state index contributed by atoms with van der Waals surface area (Å²) in [7, 11) is -3.75. The van der Waals surface area contributed by atoms with Crippen LogP contribution in [0, 0.1) is 11.7 Å². The smallest absolute Gasteiger partial charge is 0.414 e. The van der Waals surface area contributed by atoms with Gasteiger partial charge in [-0.3, -0.25) is 4.90 Å². The van der Waals surface area contributed by atoms with Crippen molar-refractivity contribution in [3.05, 3.63) is 24.0 Å². The number of anilines is 2. The first kappa shape index (κ1) is 23.6. The van der Waals surface area contributed by atoms with E-state index in [9.17, 15) is 17.6 Å². The molecule has 9 nitrogen and oxygen atoms in total. The van der Waals surface area contributed by atoms with Crippen LogP contribution >= 0.6 is 12.2 Å². The third kappa shape index (κ3) is 5.62. The summed E-state index contributed by atoms with van der Waals surface area (Å²) in [5, 5.41) is 8.28. The molecule has 1 aromatic carbocycles. The standard InChI is InChI=1S/C19H28FN5O4S2/c1-3-13(2)18(30)22-11-15-12-25(19(26)29-15)14-4-5-17(16(20)10-14)23-6-8-24(9-7-23)31(21,27)28/h4-5,10,13,15H,3,6-9,11-12H2,1-2H3,(H,22,30)(H2,21,27,28)/t13?,15-/m0/s1. The minimum absolute atomic E-state index is 0.186. The summed E-state index contributed by atoms with van der Waals surface area (Å²) in [4.78, 5) is 16.2. The van der Waals surface area contributed by atoms with E-state index in [4.69, 9.17) is 22.1 Å². The predicted octanol–water partition coefficient (Wildman–Crippen LogP) is 1.44. The lowest BCUT2D eigenvalue weighted by Crippen LogP contribution is -2.50. The van der Waals surface area contributed by atoms with Crippen LogP contribution in [-0.2, 0) is 14.9 Å². The molecule has 12 heteroatoms. The maximum absolute atomic E-state index is 14.8. The van der Waals surface area contributed by atoms with Gasteiger partial charge >= 0.3 is 6.09 Å². The SMILES string of the molecule is CCC(C)C(=S)NC[C@H]1CN(c2ccc(N3CCN(S(N)(=O)=O)CC3)c(F)c2)C(=O)O1. The third-order valence-electron chi connectivity index (χ3n) is 5.62. The number of thiocarbonyl (C=S) groups is 1. The van der Waals surface area contributed by atoms with Gasteiger partial charge in [-0.2, -0.15) is 12.7 Å². The molecule has 1 unspecified atom stereocenters. The van der Waals surface area contributed by atoms with E-state index in [-0.39, 0.29) is 25.1 Å². The Bertz CT molecular complexity index is 937. The summed E-state index contributed by atoms with van der Waals surface area (Å²) in [5.41, 5.74) is 0.754. The second kappa shape index (κ2) is 9.63. The van der Waals surface area contributed by atoms with Crippen molar-refractivity contribution in [3.8, 4) is 0 Å². The van der Waals surface area contributed by atoms with Crippen LogP contribution in [0.2, 0.25) is 0 Å². The summed E-state index contributed by atoms with van der Waals surface area (Å²) in [6.45, 7) is 5.79. The van der Waals surface area contributed by atoms with Gasteiger partial charge in [0.2, 0.25) is 0 Å². The zero-order valence-electron chi connectivity index (χ0n) is 17.6. The van der Waals surface area contributed by atoms with Gasteiger partial charge in [0.1, 0.15) is 11.9 Å². The van der Waals surface area contributed by atoms with Crippen molar-refractivity contribution in [2.45, 2.75) is 26.4 Å². The van der Waals surface area contributed by atoms with Gasteiger partial charge in [-0.1, -0.05) is 26.1 Å². The number of carbonyl (C=O) groups excluding carboxylic acids is 1. The normalized spacial score (nSPS) is 21.2. The zero-order chi connectivity index (χ0) is 22.8. The highest BCUT2D eigenvalue weighted by atomic mass is 32.2. The Hall–Kier alpha value is -2.02. The van der Waals surface area contributed by atoms with Gasteiger partial charge in [-0.25, -0.2) is 14.3 Å². The number of hydrogen-bond acceptors (Lipinski definition) is 6. The van der Waals surface area contributed by atoms with Crippen molar-refractivity contribution in [2.24, 2.45) is 11.1 Å². The van der Waals surface area contributed by atoms with E-state index in [1.165, 1.54) is 11.0 Å². The van der Waals surface area contributed by atoms with Gasteiger partial charge in [-0.05, 0) is 24.6 Å². The molecule has 2 aliphatic heterocycles. The molecule has 0 aliphatic carbocycles. The van der Waals surface area contributed by atoms with Crippen molar-refractivity contribution in [1.29, 1.82) is 0 Å². The number of piperazine rings is 1. The fraction of sp³-hybridized carbons (Fsp3) is 0.579. The van der Waals surface area contributed by atoms with E-state index < -0.39 is 22.1 Å². The molecule has 0 spiro atoms. The van der Waals surface area contributed by atoms with E-state index in [1.54, 1.807) is 17.0 Å². The van der Waals surface area contributed by atoms with Gasteiger partial charge in [0.15, 0.2) is 0 Å². The quantitative estimate of drug-likeness (QED) is 0.577. The van der Waals surface area contributed by atoms with Gasteiger partial charge < -0.3 is 15.0 Å². The molecule has 1 aromatic rings. The Morgan fingerprint density at radius 2 is 2.03 bits per heavy atom. The number of ether oxygens (including phenoxy) is 1. The number of nitrogens with two attached hydrogens (primary N) is 1. The van der Waals surface area contributed by atoms with Crippen LogP contribution in [0.3, 0.4) is 0 Å². The fourth-order valence-corrected chi connectivity index (χ4v) is 4.44. The van der Waals surface area contributed by atoms with Crippen molar-refractivity contribution in [2.75, 3.05) is 49.1 Å². The summed E-state index contributed by atoms with van der Waals surface area (Å²) < 4.78 is 44.2. The van der Waals surface area contributed by atoms with Crippen molar-refractivity contribution >= 4 is 44.9 Å². The van der Waals surface area contributed by atoms with Gasteiger partial charge in [0, 0.05) is 32.1 Å². The lowest BCUT2D eigenvalue weighted by Gasteiger charge is -2.34. The molecule has 2 aliphatic rings. The summed E-state index contributed by atoms with van der Waals surface area (Å²) in [5.74, 6) is -0.245. The number of rotatable bonds is 7. The molecule has 3 rings (SSSR count). The largest absolute Gasteiger partial charge is 0.442 e. The first-order chi connectivity index (χ1) is 14.6. The van der Waals surface area contributed by atoms with Crippen LogP contribution in [-0.4, -0.2) is 69.2 Å². The summed E-state index contributed by atoms with van der Waals surface area (Å²) >= 11 is 5.32. The first-order valence-electron chi connectivity index (χ1n) is 10.2. The van der Waals surface area contributed by atoms with E-state index in [0.29, 0.717) is 37.6 Å². The number of amides is 1. The molecule has 2 fully saturated rings. The highest BCUT2D eigenvalue weighted by molar-refractivity contribution is 7.86. The lowest BCUT2D eigenvalue weighted by atomic mass is 10.1. The van der Waals surface area contributed by atoms with Crippen molar-refractivity contribution in [1.82, 2.24) is 9.62 Å². The predicted molar refractivity (Wildman–Crippen MR) is 121 cm³/mol. The minimum Gasteiger partial charge on any atom is -0.442 e. The molecule has 0 radical (unpaired) electrons. The molecule has 3 N–H and O–H groups in total. The number of nitrogens with zero attached hydrogens (tertiary/aromatic N) is 3. The Labute approximate surface area is 187 Å². The number of hydrogen-bond donors (Lipinski definition) is 2. The molecule has 2 atom stereocenters. The number of halogens is 1. The number of nitrogens with one attached hydrogen (secondary N) is 1. The van der Waals surface area contributed by atoms with Crippen LogP contribution in [0.5, 0.6) is 0 Å². The highest BCUT2D eigenvalue weighted by Crippen LogP contribution is 2.28. The maximum Gasteiger partial charge on any atom is 0.414 e. The summed E-state index contributed by atoms with van der Waals surface area (Å²) in [6.07, 6.45) is 0.00389. The van der Waals surface area contributed by atoms with E-state index >= 15 is 0 Å². The van der Waals surface area contributed by atoms with Crippen molar-refractivity contribution in [3.63, 3.8) is 0 Å². The molecule has 2 heterocycles. The second-order valence-corrected chi connectivity index (χ2v) is 9.72. The van der Waals surface area contributed by atoms with Crippen molar-refractivity contribution < 1.29 is 22.3 Å². The third-order valence-corrected chi connectivity index (χ3v) is 7.25. The average Bonchev–Trinajstić information content (AvgIpc) is 3.11. The number of carbonyl (C=O) groups is 1.